The van der Waals surface area contributed by atoms with E-state index < -0.39 is 30.5 Å². The number of hydrogen-bond donors (Lipinski definition) is 3. The van der Waals surface area contributed by atoms with Crippen molar-refractivity contribution >= 4 is 19.1 Å². The first kappa shape index (κ1) is 20.4. The topological polar surface area (TPSA) is 99.1 Å². The highest BCUT2D eigenvalue weighted by Crippen LogP contribution is 2.46. The molecule has 1 aromatic carbocycles. The van der Waals surface area contributed by atoms with Crippen LogP contribution in [0.1, 0.15) is 31.2 Å². The first-order valence-electron chi connectivity index (χ1n) is 9.34. The van der Waals surface area contributed by atoms with Gasteiger partial charge in [0.25, 0.3) is 0 Å². The van der Waals surface area contributed by atoms with Gasteiger partial charge in [-0.2, -0.15) is 0 Å². The molecule has 0 aromatic heterocycles. The van der Waals surface area contributed by atoms with Crippen molar-refractivity contribution in [2.45, 2.75) is 49.6 Å². The van der Waals surface area contributed by atoms with E-state index in [9.17, 15) is 24.0 Å². The van der Waals surface area contributed by atoms with E-state index >= 15 is 0 Å². The van der Waals surface area contributed by atoms with Crippen LogP contribution >= 0.6 is 0 Å². The van der Waals surface area contributed by atoms with Crippen molar-refractivity contribution in [1.82, 2.24) is 10.2 Å². The van der Waals surface area contributed by atoms with Crippen molar-refractivity contribution in [1.29, 1.82) is 0 Å². The van der Waals surface area contributed by atoms with Gasteiger partial charge in [0.15, 0.2) is 0 Å². The maximum absolute atomic E-state index is 13.0. The number of alkyl carbamates (subject to hydrolysis) is 1. The van der Waals surface area contributed by atoms with E-state index in [2.05, 4.69) is 11.9 Å². The third kappa shape index (κ3) is 4.20. The molecule has 9 heteroatoms. The normalized spacial score (nSPS) is 24.0. The first-order valence-corrected chi connectivity index (χ1v) is 9.34. The van der Waals surface area contributed by atoms with E-state index in [4.69, 9.17) is 4.74 Å². The highest BCUT2D eigenvalue weighted by Gasteiger charge is 2.54. The Morgan fingerprint density at radius 1 is 1.36 bits per heavy atom. The fraction of sp³-hybridized carbons (Fsp3) is 0.474. The van der Waals surface area contributed by atoms with Gasteiger partial charge in [-0.1, -0.05) is 18.7 Å². The molecule has 2 saturated heterocycles. The Labute approximate surface area is 163 Å². The van der Waals surface area contributed by atoms with E-state index in [0.717, 1.165) is 25.7 Å². The van der Waals surface area contributed by atoms with Crippen LogP contribution in [0.5, 0.6) is 0 Å². The summed E-state index contributed by atoms with van der Waals surface area (Å²) in [6, 6.07) is 5.69. The van der Waals surface area contributed by atoms with Crippen LogP contribution in [0, 0.1) is 5.82 Å². The third-order valence-corrected chi connectivity index (χ3v) is 5.68. The smallest absolute Gasteiger partial charge is 0.447 e. The number of carbonyl (C=O) groups excluding carboxylic acids is 2. The van der Waals surface area contributed by atoms with Gasteiger partial charge in [0.05, 0.1) is 11.5 Å². The van der Waals surface area contributed by atoms with Crippen molar-refractivity contribution in [3.63, 3.8) is 0 Å². The number of benzene rings is 1. The molecular weight excluding hydrogens is 366 g/mol. The molecule has 2 aliphatic rings. The summed E-state index contributed by atoms with van der Waals surface area (Å²) in [5.74, 6) is -1.58. The molecule has 0 radical (unpaired) electrons. The lowest BCUT2D eigenvalue weighted by Gasteiger charge is -2.33. The summed E-state index contributed by atoms with van der Waals surface area (Å²) in [5.41, 5.74) is 0.118. The summed E-state index contributed by atoms with van der Waals surface area (Å²) in [6.07, 6.45) is 3.83. The van der Waals surface area contributed by atoms with Crippen molar-refractivity contribution in [3.8, 4) is 0 Å². The van der Waals surface area contributed by atoms with E-state index in [-0.39, 0.29) is 25.0 Å². The molecule has 1 aromatic rings. The van der Waals surface area contributed by atoms with Crippen LogP contribution in [-0.4, -0.2) is 58.2 Å². The zero-order chi connectivity index (χ0) is 20.3. The summed E-state index contributed by atoms with van der Waals surface area (Å²) < 4.78 is 18.4. The number of hydrogen-bond acceptors (Lipinski definition) is 5. The Morgan fingerprint density at radius 3 is 2.57 bits per heavy atom. The second-order valence-electron chi connectivity index (χ2n) is 7.44. The zero-order valence-electron chi connectivity index (χ0n) is 15.5. The molecule has 0 aliphatic carbocycles. The lowest BCUT2D eigenvalue weighted by Crippen LogP contribution is -2.51. The molecule has 2 heterocycles. The SMILES string of the molecule is C=CC(=O)N1C2CCC1(COC(=O)NC(Cc1ccc(F)cc1)B(O)O)CC2. The average Bonchev–Trinajstić information content (AvgIpc) is 3.22. The number of amides is 2. The highest BCUT2D eigenvalue weighted by atomic mass is 19.1. The van der Waals surface area contributed by atoms with Gasteiger partial charge < -0.3 is 25.0 Å². The fourth-order valence-electron chi connectivity index (χ4n) is 4.25. The third-order valence-electron chi connectivity index (χ3n) is 5.68. The van der Waals surface area contributed by atoms with Crippen LogP contribution in [0.25, 0.3) is 0 Å². The van der Waals surface area contributed by atoms with Crippen molar-refractivity contribution < 1.29 is 28.8 Å². The number of halogens is 1. The molecule has 150 valence electrons. The van der Waals surface area contributed by atoms with E-state index in [1.165, 1.54) is 30.3 Å². The standard InChI is InChI=1S/C19H24BFN2O5/c1-2-17(24)23-15-7-9-19(23,10-8-15)12-28-18(25)22-16(20(26)27)11-13-3-5-14(21)6-4-13/h2-6,15-16,26-27H,1,7-12H2,(H,22,25). The van der Waals surface area contributed by atoms with Crippen molar-refractivity contribution in [3.05, 3.63) is 48.3 Å². The summed E-state index contributed by atoms with van der Waals surface area (Å²) in [4.78, 5) is 26.2. The molecule has 28 heavy (non-hydrogen) atoms. The summed E-state index contributed by atoms with van der Waals surface area (Å²) >= 11 is 0. The van der Waals surface area contributed by atoms with Gasteiger partial charge in [-0.3, -0.25) is 4.79 Å². The second kappa shape index (κ2) is 8.32. The van der Waals surface area contributed by atoms with Crippen LogP contribution in [-0.2, 0) is 16.0 Å². The quantitative estimate of drug-likeness (QED) is 0.480. The molecule has 2 bridgehead atoms. The Balaban J connectivity index is 1.58. The summed E-state index contributed by atoms with van der Waals surface area (Å²) in [5, 5.41) is 21.5. The van der Waals surface area contributed by atoms with Crippen LogP contribution in [0.2, 0.25) is 0 Å². The molecule has 1 atom stereocenters. The largest absolute Gasteiger partial charge is 0.475 e. The molecule has 2 aliphatic heterocycles. The van der Waals surface area contributed by atoms with Crippen LogP contribution in [0.4, 0.5) is 9.18 Å². The molecular formula is C19H24BFN2O5. The van der Waals surface area contributed by atoms with E-state index in [1.54, 1.807) is 4.90 Å². The Hall–Kier alpha value is -2.39. The van der Waals surface area contributed by atoms with E-state index in [1.807, 2.05) is 0 Å². The monoisotopic (exact) mass is 390 g/mol. The van der Waals surface area contributed by atoms with Crippen LogP contribution in [0.15, 0.2) is 36.9 Å². The van der Waals surface area contributed by atoms with Gasteiger partial charge in [0.2, 0.25) is 5.91 Å². The molecule has 0 spiro atoms. The lowest BCUT2D eigenvalue weighted by atomic mass is 9.76. The van der Waals surface area contributed by atoms with Gasteiger partial charge in [0, 0.05) is 6.04 Å². The predicted octanol–water partition coefficient (Wildman–Crippen LogP) is 1.18. The maximum atomic E-state index is 13.0. The van der Waals surface area contributed by atoms with Gasteiger partial charge >= 0.3 is 13.2 Å². The number of fused-ring (bicyclic) bond motifs is 2. The van der Waals surface area contributed by atoms with Crippen LogP contribution < -0.4 is 5.32 Å². The molecule has 0 saturated carbocycles. The number of nitrogens with one attached hydrogen (secondary N) is 1. The molecule has 2 fully saturated rings. The minimum absolute atomic E-state index is 0.0414. The predicted molar refractivity (Wildman–Crippen MR) is 101 cm³/mol. The Bertz CT molecular complexity index is 734. The summed E-state index contributed by atoms with van der Waals surface area (Å²) in [6.45, 7) is 3.58. The maximum Gasteiger partial charge on any atom is 0.475 e. The van der Waals surface area contributed by atoms with Gasteiger partial charge in [-0.05, 0) is 55.9 Å². The number of ether oxygens (including phenoxy) is 1. The molecule has 3 rings (SSSR count). The molecule has 7 nitrogen and oxygen atoms in total. The number of rotatable bonds is 7. The van der Waals surface area contributed by atoms with Crippen molar-refractivity contribution in [2.24, 2.45) is 0 Å². The molecule has 3 N–H and O–H groups in total. The highest BCUT2D eigenvalue weighted by molar-refractivity contribution is 6.43. The Kier molecular flexibility index (Phi) is 6.05. The minimum Gasteiger partial charge on any atom is -0.447 e. The van der Waals surface area contributed by atoms with Crippen LogP contribution in [0.3, 0.4) is 0 Å². The van der Waals surface area contributed by atoms with Gasteiger partial charge in [-0.25, -0.2) is 9.18 Å². The zero-order valence-corrected chi connectivity index (χ0v) is 15.5. The first-order chi connectivity index (χ1) is 13.3. The fourth-order valence-corrected chi connectivity index (χ4v) is 4.25. The lowest BCUT2D eigenvalue weighted by molar-refractivity contribution is -0.131. The second-order valence-corrected chi connectivity index (χ2v) is 7.44. The van der Waals surface area contributed by atoms with Gasteiger partial charge in [-0.15, -0.1) is 0 Å². The molecule has 1 unspecified atom stereocenters. The van der Waals surface area contributed by atoms with Crippen molar-refractivity contribution in [2.75, 3.05) is 6.61 Å². The summed E-state index contributed by atoms with van der Waals surface area (Å²) in [7, 11) is -1.81. The Morgan fingerprint density at radius 2 is 2.00 bits per heavy atom. The van der Waals surface area contributed by atoms with E-state index in [0.29, 0.717) is 5.56 Å². The number of nitrogens with zero attached hydrogens (tertiary/aromatic N) is 1. The number of carbonyl (C=O) groups is 2. The average molecular weight is 390 g/mol. The van der Waals surface area contributed by atoms with Gasteiger partial charge in [0.1, 0.15) is 12.4 Å². The molecule has 2 amide bonds. The minimum atomic E-state index is -1.81.